The first-order valence-electron chi connectivity index (χ1n) is 6.46. The second kappa shape index (κ2) is 4.63. The van der Waals surface area contributed by atoms with Gasteiger partial charge in [-0.15, -0.1) is 0 Å². The molecule has 1 unspecified atom stereocenters. The standard InChI is InChI=1S/C14H16FN5/c1-8-4-9-5-11(15)2-3-12(9)20(8)7-10-6-18-14(17)19-13(10)16/h2-3,5-6,8H,4,7H2,1H3,(H4,16,17,18,19). The third-order valence-corrected chi connectivity index (χ3v) is 3.66. The van der Waals surface area contributed by atoms with Crippen molar-refractivity contribution in [3.8, 4) is 0 Å². The molecule has 0 bridgehead atoms. The molecule has 1 aliphatic rings. The van der Waals surface area contributed by atoms with Crippen LogP contribution in [0.2, 0.25) is 0 Å². The molecule has 2 heterocycles. The fraction of sp³-hybridized carbons (Fsp3) is 0.286. The van der Waals surface area contributed by atoms with Crippen molar-refractivity contribution in [1.82, 2.24) is 9.97 Å². The third-order valence-electron chi connectivity index (χ3n) is 3.66. The molecule has 104 valence electrons. The van der Waals surface area contributed by atoms with Gasteiger partial charge in [0.05, 0.1) is 0 Å². The van der Waals surface area contributed by atoms with E-state index in [1.54, 1.807) is 12.3 Å². The molecule has 1 atom stereocenters. The van der Waals surface area contributed by atoms with Crippen LogP contribution in [0, 0.1) is 5.82 Å². The predicted octanol–water partition coefficient (Wildman–Crippen LogP) is 1.73. The lowest BCUT2D eigenvalue weighted by molar-refractivity contribution is 0.626. The summed E-state index contributed by atoms with van der Waals surface area (Å²) in [6.45, 7) is 2.69. The number of hydrogen-bond donors (Lipinski definition) is 2. The zero-order chi connectivity index (χ0) is 14.3. The molecule has 5 nitrogen and oxygen atoms in total. The maximum Gasteiger partial charge on any atom is 0.221 e. The molecule has 6 heteroatoms. The van der Waals surface area contributed by atoms with Gasteiger partial charge in [0, 0.05) is 30.0 Å². The highest BCUT2D eigenvalue weighted by atomic mass is 19.1. The largest absolute Gasteiger partial charge is 0.383 e. The van der Waals surface area contributed by atoms with E-state index >= 15 is 0 Å². The Morgan fingerprint density at radius 2 is 2.20 bits per heavy atom. The number of benzene rings is 1. The van der Waals surface area contributed by atoms with Crippen LogP contribution >= 0.6 is 0 Å². The minimum absolute atomic E-state index is 0.170. The van der Waals surface area contributed by atoms with Gasteiger partial charge in [-0.3, -0.25) is 0 Å². The van der Waals surface area contributed by atoms with E-state index in [4.69, 9.17) is 11.5 Å². The number of fused-ring (bicyclic) bond motifs is 1. The summed E-state index contributed by atoms with van der Waals surface area (Å²) in [7, 11) is 0. The van der Waals surface area contributed by atoms with Gasteiger partial charge < -0.3 is 16.4 Å². The molecule has 3 rings (SSSR count). The molecule has 20 heavy (non-hydrogen) atoms. The minimum Gasteiger partial charge on any atom is -0.383 e. The van der Waals surface area contributed by atoms with E-state index in [1.165, 1.54) is 6.07 Å². The number of aromatic nitrogens is 2. The van der Waals surface area contributed by atoms with Crippen molar-refractivity contribution in [2.24, 2.45) is 0 Å². The summed E-state index contributed by atoms with van der Waals surface area (Å²) in [6.07, 6.45) is 2.47. The van der Waals surface area contributed by atoms with E-state index < -0.39 is 0 Å². The highest BCUT2D eigenvalue weighted by Gasteiger charge is 2.26. The number of nitrogens with two attached hydrogens (primary N) is 2. The maximum atomic E-state index is 13.3. The Labute approximate surface area is 116 Å². The lowest BCUT2D eigenvalue weighted by atomic mass is 10.1. The van der Waals surface area contributed by atoms with Crippen molar-refractivity contribution in [2.75, 3.05) is 16.4 Å². The highest BCUT2D eigenvalue weighted by molar-refractivity contribution is 5.60. The molecule has 0 saturated heterocycles. The Kier molecular flexibility index (Phi) is 2.93. The average Bonchev–Trinajstić information content (AvgIpc) is 2.68. The van der Waals surface area contributed by atoms with Gasteiger partial charge in [0.2, 0.25) is 5.95 Å². The molecule has 4 N–H and O–H groups in total. The average molecular weight is 273 g/mol. The number of nitrogens with zero attached hydrogens (tertiary/aromatic N) is 3. The second-order valence-corrected chi connectivity index (χ2v) is 5.09. The number of anilines is 3. The summed E-state index contributed by atoms with van der Waals surface area (Å²) in [6, 6.07) is 5.16. The van der Waals surface area contributed by atoms with Gasteiger partial charge in [-0.1, -0.05) is 0 Å². The SMILES string of the molecule is CC1Cc2cc(F)ccc2N1Cc1cnc(N)nc1N. The Balaban J connectivity index is 1.92. The number of nitrogen functional groups attached to an aromatic ring is 2. The summed E-state index contributed by atoms with van der Waals surface area (Å²) in [5.74, 6) is 0.358. The predicted molar refractivity (Wildman–Crippen MR) is 76.6 cm³/mol. The quantitative estimate of drug-likeness (QED) is 0.871. The van der Waals surface area contributed by atoms with Crippen LogP contribution in [0.1, 0.15) is 18.1 Å². The van der Waals surface area contributed by atoms with Crippen LogP contribution in [0.3, 0.4) is 0 Å². The van der Waals surface area contributed by atoms with Crippen molar-refractivity contribution < 1.29 is 4.39 Å². The van der Waals surface area contributed by atoms with Gasteiger partial charge in [0.1, 0.15) is 11.6 Å². The van der Waals surface area contributed by atoms with Crippen molar-refractivity contribution in [1.29, 1.82) is 0 Å². The molecular weight excluding hydrogens is 257 g/mol. The van der Waals surface area contributed by atoms with Gasteiger partial charge in [0.25, 0.3) is 0 Å². The summed E-state index contributed by atoms with van der Waals surface area (Å²) in [4.78, 5) is 10.1. The molecule has 1 aromatic heterocycles. The number of halogens is 1. The van der Waals surface area contributed by atoms with Crippen molar-refractivity contribution in [2.45, 2.75) is 25.9 Å². The molecule has 2 aromatic rings. The molecule has 1 aliphatic heterocycles. The Morgan fingerprint density at radius 3 is 2.95 bits per heavy atom. The molecule has 1 aromatic carbocycles. The van der Waals surface area contributed by atoms with E-state index in [1.807, 2.05) is 6.07 Å². The second-order valence-electron chi connectivity index (χ2n) is 5.09. The summed E-state index contributed by atoms with van der Waals surface area (Å²) in [5, 5.41) is 0. The molecule has 0 radical (unpaired) electrons. The van der Waals surface area contributed by atoms with Crippen LogP contribution in [-0.4, -0.2) is 16.0 Å². The number of rotatable bonds is 2. The topological polar surface area (TPSA) is 81.1 Å². The van der Waals surface area contributed by atoms with Crippen LogP contribution in [0.25, 0.3) is 0 Å². The van der Waals surface area contributed by atoms with Crippen LogP contribution in [0.15, 0.2) is 24.4 Å². The molecule has 0 saturated carbocycles. The van der Waals surface area contributed by atoms with Crippen molar-refractivity contribution in [3.05, 3.63) is 41.3 Å². The zero-order valence-electron chi connectivity index (χ0n) is 11.2. The van der Waals surface area contributed by atoms with Crippen molar-refractivity contribution in [3.63, 3.8) is 0 Å². The van der Waals surface area contributed by atoms with E-state index in [0.717, 1.165) is 23.2 Å². The van der Waals surface area contributed by atoms with Gasteiger partial charge in [-0.05, 0) is 37.1 Å². The Hall–Kier alpha value is -2.37. The molecule has 0 aliphatic carbocycles. The lowest BCUT2D eigenvalue weighted by Gasteiger charge is -2.25. The van der Waals surface area contributed by atoms with Crippen LogP contribution in [0.5, 0.6) is 0 Å². The molecular formula is C14H16FN5. The van der Waals surface area contributed by atoms with Crippen LogP contribution < -0.4 is 16.4 Å². The van der Waals surface area contributed by atoms with Crippen LogP contribution in [0.4, 0.5) is 21.8 Å². The Morgan fingerprint density at radius 1 is 1.40 bits per heavy atom. The third kappa shape index (κ3) is 2.13. The van der Waals surface area contributed by atoms with Gasteiger partial charge in [0.15, 0.2) is 0 Å². The van der Waals surface area contributed by atoms with E-state index in [0.29, 0.717) is 12.4 Å². The smallest absolute Gasteiger partial charge is 0.221 e. The minimum atomic E-state index is -0.201. The normalized spacial score (nSPS) is 17.3. The number of hydrogen-bond acceptors (Lipinski definition) is 5. The molecule has 0 fully saturated rings. The van der Waals surface area contributed by atoms with Gasteiger partial charge in [-0.2, -0.15) is 4.98 Å². The highest BCUT2D eigenvalue weighted by Crippen LogP contribution is 2.34. The van der Waals surface area contributed by atoms with E-state index in [-0.39, 0.29) is 17.8 Å². The van der Waals surface area contributed by atoms with Gasteiger partial charge in [-0.25, -0.2) is 9.37 Å². The van der Waals surface area contributed by atoms with Crippen molar-refractivity contribution >= 4 is 17.5 Å². The first kappa shape index (κ1) is 12.7. The molecule has 0 amide bonds. The molecule has 0 spiro atoms. The first-order chi connectivity index (χ1) is 9.54. The fourth-order valence-electron chi connectivity index (χ4n) is 2.64. The fourth-order valence-corrected chi connectivity index (χ4v) is 2.64. The lowest BCUT2D eigenvalue weighted by Crippen LogP contribution is -2.29. The van der Waals surface area contributed by atoms with E-state index in [9.17, 15) is 4.39 Å². The monoisotopic (exact) mass is 273 g/mol. The van der Waals surface area contributed by atoms with Crippen LogP contribution in [-0.2, 0) is 13.0 Å². The summed E-state index contributed by atoms with van der Waals surface area (Å²) >= 11 is 0. The van der Waals surface area contributed by atoms with E-state index in [2.05, 4.69) is 21.8 Å². The Bertz CT molecular complexity index is 658. The summed E-state index contributed by atoms with van der Waals surface area (Å²) in [5.41, 5.74) is 14.3. The van der Waals surface area contributed by atoms with Gasteiger partial charge >= 0.3 is 0 Å². The maximum absolute atomic E-state index is 13.3. The first-order valence-corrected chi connectivity index (χ1v) is 6.46. The zero-order valence-corrected chi connectivity index (χ0v) is 11.2. The summed E-state index contributed by atoms with van der Waals surface area (Å²) < 4.78 is 13.3.